The van der Waals surface area contributed by atoms with Crippen LogP contribution in [0, 0.1) is 0 Å². The fourth-order valence-corrected chi connectivity index (χ4v) is 4.55. The van der Waals surface area contributed by atoms with Crippen LogP contribution in [0.1, 0.15) is 18.1 Å². The van der Waals surface area contributed by atoms with E-state index in [1.54, 1.807) is 24.3 Å². The van der Waals surface area contributed by atoms with E-state index in [0.717, 1.165) is 23.8 Å². The molecule has 3 atom stereocenters. The Balaban J connectivity index is 1.39. The summed E-state index contributed by atoms with van der Waals surface area (Å²) < 4.78 is 47.5. The minimum absolute atomic E-state index is 0.00105. The maximum absolute atomic E-state index is 11.4. The number of nitrogens with one attached hydrogen (secondary N) is 2. The number of phenolic OH excluding ortho intramolecular Hbond substituents is 1. The Labute approximate surface area is 223 Å². The first-order valence-corrected chi connectivity index (χ1v) is 15.1. The fourth-order valence-electron chi connectivity index (χ4n) is 3.53. The first kappa shape index (κ1) is 29.5. The number of phenols is 1. The lowest BCUT2D eigenvalue weighted by Crippen LogP contribution is -2.37. The molecule has 0 aromatic heterocycles. The molecule has 38 heavy (non-hydrogen) atoms. The van der Waals surface area contributed by atoms with Gasteiger partial charge >= 0.3 is 0 Å². The third kappa shape index (κ3) is 10.00. The van der Waals surface area contributed by atoms with Crippen LogP contribution in [0.3, 0.4) is 0 Å². The van der Waals surface area contributed by atoms with Gasteiger partial charge in [0.1, 0.15) is 36.6 Å². The van der Waals surface area contributed by atoms with Gasteiger partial charge in [0.15, 0.2) is 0 Å². The van der Waals surface area contributed by atoms with Gasteiger partial charge in [-0.1, -0.05) is 24.3 Å². The number of aliphatic hydroxyl groups is 1. The van der Waals surface area contributed by atoms with Gasteiger partial charge in [0, 0.05) is 24.0 Å². The number of hydrogen-bond donors (Lipinski definition) is 5. The van der Waals surface area contributed by atoms with Gasteiger partial charge in [-0.05, 0) is 60.9 Å². The molecule has 0 saturated heterocycles. The van der Waals surface area contributed by atoms with Crippen molar-refractivity contribution in [3.05, 3.63) is 77.9 Å². The molecule has 3 unspecified atom stereocenters. The van der Waals surface area contributed by atoms with Crippen molar-refractivity contribution >= 4 is 29.0 Å². The highest BCUT2D eigenvalue weighted by atomic mass is 32.2. The zero-order chi connectivity index (χ0) is 27.7. The van der Waals surface area contributed by atoms with Gasteiger partial charge in [-0.25, -0.2) is 8.42 Å². The summed E-state index contributed by atoms with van der Waals surface area (Å²) in [4.78, 5) is 9.15. The molecule has 3 aromatic rings. The van der Waals surface area contributed by atoms with Crippen LogP contribution in [0.15, 0.2) is 66.7 Å². The number of ether oxygens (including phenoxy) is 2. The number of sulfonamides is 1. The molecule has 206 valence electrons. The summed E-state index contributed by atoms with van der Waals surface area (Å²) in [6.45, 7) is 2.63. The molecular formula is C26H33N2O8PS. The molecule has 10 nitrogen and oxygen atoms in total. The van der Waals surface area contributed by atoms with Crippen LogP contribution in [0.2, 0.25) is 0 Å². The Morgan fingerprint density at radius 1 is 0.947 bits per heavy atom. The number of anilines is 1. The van der Waals surface area contributed by atoms with Gasteiger partial charge in [-0.2, -0.15) is 0 Å². The SMILES string of the molecule is CC(Cc1ccc(OCc2ccc([PH](=O)O)cc2)cc1)NCC(O)COc1ccc(O)c(NS(C)(=O)=O)c1. The molecule has 0 aliphatic heterocycles. The summed E-state index contributed by atoms with van der Waals surface area (Å²) in [6, 6.07) is 18.7. The van der Waals surface area contributed by atoms with Gasteiger partial charge in [0.05, 0.1) is 11.9 Å². The molecule has 0 heterocycles. The monoisotopic (exact) mass is 564 g/mol. The van der Waals surface area contributed by atoms with Crippen LogP contribution in [0.5, 0.6) is 17.2 Å². The Morgan fingerprint density at radius 3 is 2.21 bits per heavy atom. The minimum Gasteiger partial charge on any atom is -0.506 e. The predicted molar refractivity (Wildman–Crippen MR) is 147 cm³/mol. The van der Waals surface area contributed by atoms with Crippen molar-refractivity contribution < 1.29 is 37.6 Å². The smallest absolute Gasteiger partial charge is 0.229 e. The molecule has 0 radical (unpaired) electrons. The molecule has 3 rings (SSSR count). The highest BCUT2D eigenvalue weighted by Crippen LogP contribution is 2.28. The summed E-state index contributed by atoms with van der Waals surface area (Å²) >= 11 is 0. The van der Waals surface area contributed by atoms with Crippen molar-refractivity contribution in [2.45, 2.75) is 32.1 Å². The highest BCUT2D eigenvalue weighted by Gasteiger charge is 2.12. The van der Waals surface area contributed by atoms with Gasteiger partial charge in [0.25, 0.3) is 0 Å². The predicted octanol–water partition coefficient (Wildman–Crippen LogP) is 2.40. The average molecular weight is 565 g/mol. The Kier molecular flexibility index (Phi) is 10.6. The Hall–Kier alpha value is -3.08. The molecule has 0 fully saturated rings. The molecule has 0 spiro atoms. The van der Waals surface area contributed by atoms with E-state index in [4.69, 9.17) is 14.4 Å². The average Bonchev–Trinajstić information content (AvgIpc) is 2.87. The summed E-state index contributed by atoms with van der Waals surface area (Å²) in [5.41, 5.74) is 1.99. The second-order valence-electron chi connectivity index (χ2n) is 8.97. The molecule has 0 aliphatic rings. The maximum atomic E-state index is 11.4. The lowest BCUT2D eigenvalue weighted by atomic mass is 10.1. The van der Waals surface area contributed by atoms with Gasteiger partial charge in [-0.15, -0.1) is 0 Å². The summed E-state index contributed by atoms with van der Waals surface area (Å²) in [7, 11) is -6.24. The second kappa shape index (κ2) is 13.6. The van der Waals surface area contributed by atoms with E-state index in [9.17, 15) is 23.2 Å². The topological polar surface area (TPSA) is 154 Å². The summed E-state index contributed by atoms with van der Waals surface area (Å²) in [5.74, 6) is 0.793. The van der Waals surface area contributed by atoms with E-state index < -0.39 is 24.2 Å². The van der Waals surface area contributed by atoms with E-state index in [1.165, 1.54) is 18.2 Å². The van der Waals surface area contributed by atoms with Crippen LogP contribution in [-0.4, -0.2) is 55.1 Å². The molecule has 3 aromatic carbocycles. The van der Waals surface area contributed by atoms with Crippen LogP contribution in [-0.2, 0) is 27.6 Å². The van der Waals surface area contributed by atoms with Crippen LogP contribution >= 0.6 is 8.03 Å². The molecule has 0 amide bonds. The largest absolute Gasteiger partial charge is 0.506 e. The fraction of sp³-hybridized carbons (Fsp3) is 0.308. The molecule has 0 aliphatic carbocycles. The van der Waals surface area contributed by atoms with E-state index in [2.05, 4.69) is 10.0 Å². The van der Waals surface area contributed by atoms with Crippen molar-refractivity contribution in [2.24, 2.45) is 0 Å². The molecule has 0 saturated carbocycles. The zero-order valence-electron chi connectivity index (χ0n) is 21.1. The van der Waals surface area contributed by atoms with E-state index in [1.807, 2.05) is 31.2 Å². The van der Waals surface area contributed by atoms with E-state index in [-0.39, 0.29) is 24.1 Å². The van der Waals surface area contributed by atoms with Crippen LogP contribution in [0.25, 0.3) is 0 Å². The highest BCUT2D eigenvalue weighted by molar-refractivity contribution is 7.92. The Bertz CT molecular complexity index is 1320. The molecule has 12 heteroatoms. The van der Waals surface area contributed by atoms with Crippen molar-refractivity contribution in [2.75, 3.05) is 24.1 Å². The second-order valence-corrected chi connectivity index (χ2v) is 11.9. The Morgan fingerprint density at radius 2 is 1.58 bits per heavy atom. The van der Waals surface area contributed by atoms with Gasteiger partial charge in [0.2, 0.25) is 18.1 Å². The standard InChI is InChI=1S/C26H33N2O8PS/c1-18(27-15-21(29)17-36-23-9-12-26(30)25(14-23)28-38(2,33)34)13-19-3-7-22(8-4-19)35-16-20-5-10-24(11-6-20)37(31)32/h3-12,14,18,21,27-30,37H,13,15-17H2,1-2H3,(H,31,32). The van der Waals surface area contributed by atoms with Gasteiger partial charge in [-0.3, -0.25) is 9.29 Å². The van der Waals surface area contributed by atoms with E-state index in [0.29, 0.717) is 30.0 Å². The lowest BCUT2D eigenvalue weighted by molar-refractivity contribution is 0.104. The number of benzene rings is 3. The molecule has 0 bridgehead atoms. The van der Waals surface area contributed by atoms with Crippen molar-refractivity contribution in [1.82, 2.24) is 5.32 Å². The quantitative estimate of drug-likeness (QED) is 0.147. The van der Waals surface area contributed by atoms with Crippen molar-refractivity contribution in [1.29, 1.82) is 0 Å². The normalized spacial score (nSPS) is 13.9. The first-order valence-electron chi connectivity index (χ1n) is 11.9. The number of rotatable bonds is 14. The lowest BCUT2D eigenvalue weighted by Gasteiger charge is -2.18. The van der Waals surface area contributed by atoms with Crippen molar-refractivity contribution in [3.63, 3.8) is 0 Å². The number of aliphatic hydroxyl groups excluding tert-OH is 1. The third-order valence-electron chi connectivity index (χ3n) is 5.48. The number of aromatic hydroxyl groups is 1. The molecule has 5 N–H and O–H groups in total. The van der Waals surface area contributed by atoms with Crippen LogP contribution < -0.4 is 24.8 Å². The van der Waals surface area contributed by atoms with Crippen LogP contribution in [0.4, 0.5) is 5.69 Å². The minimum atomic E-state index is -3.56. The zero-order valence-corrected chi connectivity index (χ0v) is 22.9. The number of hydrogen-bond acceptors (Lipinski definition) is 8. The first-order chi connectivity index (χ1) is 18.0. The van der Waals surface area contributed by atoms with Crippen molar-refractivity contribution in [3.8, 4) is 17.2 Å². The molecular weight excluding hydrogens is 531 g/mol. The van der Waals surface area contributed by atoms with E-state index >= 15 is 0 Å². The van der Waals surface area contributed by atoms with Gasteiger partial charge < -0.3 is 29.9 Å². The summed E-state index contributed by atoms with van der Waals surface area (Å²) in [6.07, 6.45) is 0.905. The maximum Gasteiger partial charge on any atom is 0.229 e. The third-order valence-corrected chi connectivity index (χ3v) is 6.90. The summed E-state index contributed by atoms with van der Waals surface area (Å²) in [5, 5.41) is 23.7.